The van der Waals surface area contributed by atoms with Crippen molar-refractivity contribution in [1.29, 1.82) is 0 Å². The number of amides is 1. The average Bonchev–Trinajstić information content (AvgIpc) is 2.22. The summed E-state index contributed by atoms with van der Waals surface area (Å²) in [5.74, 6) is -0.00322. The molecule has 0 saturated heterocycles. The minimum Gasteiger partial charge on any atom is -0.337 e. The Bertz CT molecular complexity index is 382. The third kappa shape index (κ3) is 3.67. The molecule has 1 aromatic carbocycles. The Kier molecular flexibility index (Phi) is 5.06. The smallest absolute Gasteiger partial charge is 0.219 e. The number of carbonyl (C=O) groups is 1. The van der Waals surface area contributed by atoms with Crippen molar-refractivity contribution in [2.75, 3.05) is 13.1 Å². The maximum absolute atomic E-state index is 11.3. The minimum atomic E-state index is -0.00322. The van der Waals surface area contributed by atoms with E-state index < -0.39 is 0 Å². The predicted octanol–water partition coefficient (Wildman–Crippen LogP) is 2.30. The van der Waals surface area contributed by atoms with Crippen molar-refractivity contribution in [1.82, 2.24) is 4.90 Å². The van der Waals surface area contributed by atoms with Crippen molar-refractivity contribution in [3.8, 4) is 0 Å². The first kappa shape index (κ1) is 13.3. The first-order chi connectivity index (χ1) is 7.54. The highest BCUT2D eigenvalue weighted by Gasteiger charge is 2.09. The molecule has 5 heteroatoms. The molecule has 16 heavy (non-hydrogen) atoms. The molecule has 2 N–H and O–H groups in total. The summed E-state index contributed by atoms with van der Waals surface area (Å²) in [6.07, 6.45) is 0. The van der Waals surface area contributed by atoms with Crippen LogP contribution < -0.4 is 5.73 Å². The number of rotatable bonds is 4. The topological polar surface area (TPSA) is 46.3 Å². The lowest BCUT2D eigenvalue weighted by Gasteiger charge is -2.20. The van der Waals surface area contributed by atoms with E-state index in [1.165, 1.54) is 6.92 Å². The summed E-state index contributed by atoms with van der Waals surface area (Å²) in [6.45, 7) is 3.01. The Morgan fingerprint density at radius 1 is 1.38 bits per heavy atom. The van der Waals surface area contributed by atoms with Crippen molar-refractivity contribution in [3.05, 3.63) is 33.8 Å². The molecule has 0 radical (unpaired) electrons. The third-order valence-electron chi connectivity index (χ3n) is 2.20. The van der Waals surface area contributed by atoms with Crippen LogP contribution in [-0.4, -0.2) is 23.9 Å². The van der Waals surface area contributed by atoms with Crippen molar-refractivity contribution in [2.24, 2.45) is 5.73 Å². The number of halogens is 2. The Morgan fingerprint density at radius 3 is 2.56 bits per heavy atom. The predicted molar refractivity (Wildman–Crippen MR) is 66.6 cm³/mol. The summed E-state index contributed by atoms with van der Waals surface area (Å²) in [6, 6.07) is 5.33. The molecule has 0 heterocycles. The second-order valence-electron chi connectivity index (χ2n) is 3.48. The monoisotopic (exact) mass is 260 g/mol. The van der Waals surface area contributed by atoms with Gasteiger partial charge in [0, 0.05) is 26.6 Å². The Hall–Kier alpha value is -0.770. The van der Waals surface area contributed by atoms with E-state index in [4.69, 9.17) is 28.9 Å². The van der Waals surface area contributed by atoms with Crippen molar-refractivity contribution in [2.45, 2.75) is 13.5 Å². The van der Waals surface area contributed by atoms with Crippen LogP contribution in [0.25, 0.3) is 0 Å². The Balaban J connectivity index is 2.77. The van der Waals surface area contributed by atoms with Crippen LogP contribution in [0.3, 0.4) is 0 Å². The molecule has 0 aliphatic carbocycles. The fraction of sp³-hybridized carbons (Fsp3) is 0.364. The minimum absolute atomic E-state index is 0.00322. The van der Waals surface area contributed by atoms with E-state index in [1.807, 2.05) is 6.07 Å². The second kappa shape index (κ2) is 6.09. The van der Waals surface area contributed by atoms with Gasteiger partial charge in [0.15, 0.2) is 0 Å². The molecule has 0 atom stereocenters. The lowest BCUT2D eigenvalue weighted by Crippen LogP contribution is -2.33. The fourth-order valence-electron chi connectivity index (χ4n) is 1.36. The maximum atomic E-state index is 11.3. The molecule has 3 nitrogen and oxygen atoms in total. The summed E-state index contributed by atoms with van der Waals surface area (Å²) in [5.41, 5.74) is 6.38. The number of nitrogens with two attached hydrogens (primary N) is 1. The van der Waals surface area contributed by atoms with E-state index in [9.17, 15) is 4.79 Å². The van der Waals surface area contributed by atoms with E-state index in [-0.39, 0.29) is 5.91 Å². The van der Waals surface area contributed by atoms with E-state index in [2.05, 4.69) is 0 Å². The lowest BCUT2D eigenvalue weighted by atomic mass is 10.2. The van der Waals surface area contributed by atoms with Crippen LogP contribution >= 0.6 is 23.2 Å². The molecule has 1 amide bonds. The standard InChI is InChI=1S/C11H14Cl2N2O/c1-8(16)15(5-4-14)7-9-2-3-10(12)11(13)6-9/h2-3,6H,4-5,7,14H2,1H3. The molecule has 1 aromatic rings. The molecule has 0 unspecified atom stereocenters. The van der Waals surface area contributed by atoms with Crippen molar-refractivity contribution in [3.63, 3.8) is 0 Å². The zero-order chi connectivity index (χ0) is 12.1. The normalized spacial score (nSPS) is 10.2. The van der Waals surface area contributed by atoms with Gasteiger partial charge in [-0.05, 0) is 17.7 Å². The summed E-state index contributed by atoms with van der Waals surface area (Å²) < 4.78 is 0. The fourth-order valence-corrected chi connectivity index (χ4v) is 1.68. The molecule has 0 aliphatic rings. The lowest BCUT2D eigenvalue weighted by molar-refractivity contribution is -0.129. The van der Waals surface area contributed by atoms with Crippen molar-refractivity contribution >= 4 is 29.1 Å². The summed E-state index contributed by atoms with van der Waals surface area (Å²) in [5, 5.41) is 1.01. The third-order valence-corrected chi connectivity index (χ3v) is 2.94. The van der Waals surface area contributed by atoms with Gasteiger partial charge in [0.1, 0.15) is 0 Å². The summed E-state index contributed by atoms with van der Waals surface area (Å²) >= 11 is 11.7. The van der Waals surface area contributed by atoms with Gasteiger partial charge >= 0.3 is 0 Å². The van der Waals surface area contributed by atoms with E-state index in [0.29, 0.717) is 29.7 Å². The zero-order valence-corrected chi connectivity index (χ0v) is 10.6. The van der Waals surface area contributed by atoms with Gasteiger partial charge in [0.2, 0.25) is 5.91 Å². The van der Waals surface area contributed by atoms with Gasteiger partial charge in [-0.2, -0.15) is 0 Å². The number of hydrogen-bond acceptors (Lipinski definition) is 2. The molecule has 0 saturated carbocycles. The Morgan fingerprint density at radius 2 is 2.06 bits per heavy atom. The van der Waals surface area contributed by atoms with Crippen LogP contribution in [0.1, 0.15) is 12.5 Å². The van der Waals surface area contributed by atoms with Crippen LogP contribution in [0.5, 0.6) is 0 Å². The molecule has 1 rings (SSSR count). The van der Waals surface area contributed by atoms with E-state index >= 15 is 0 Å². The summed E-state index contributed by atoms with van der Waals surface area (Å²) in [7, 11) is 0. The number of benzene rings is 1. The van der Waals surface area contributed by atoms with Gasteiger partial charge in [0.05, 0.1) is 10.0 Å². The first-order valence-corrected chi connectivity index (χ1v) is 5.69. The van der Waals surface area contributed by atoms with Crippen LogP contribution in [0.2, 0.25) is 10.0 Å². The molecule has 0 spiro atoms. The maximum Gasteiger partial charge on any atom is 0.219 e. The second-order valence-corrected chi connectivity index (χ2v) is 4.29. The van der Waals surface area contributed by atoms with Crippen LogP contribution in [0, 0.1) is 0 Å². The van der Waals surface area contributed by atoms with Crippen LogP contribution in [0.4, 0.5) is 0 Å². The van der Waals surface area contributed by atoms with Gasteiger partial charge in [0.25, 0.3) is 0 Å². The number of nitrogens with zero attached hydrogens (tertiary/aromatic N) is 1. The van der Waals surface area contributed by atoms with Crippen LogP contribution in [-0.2, 0) is 11.3 Å². The quantitative estimate of drug-likeness (QED) is 0.903. The highest BCUT2D eigenvalue weighted by Crippen LogP contribution is 2.23. The van der Waals surface area contributed by atoms with Crippen molar-refractivity contribution < 1.29 is 4.79 Å². The molecular weight excluding hydrogens is 247 g/mol. The first-order valence-electron chi connectivity index (χ1n) is 4.94. The number of hydrogen-bond donors (Lipinski definition) is 1. The van der Waals surface area contributed by atoms with Gasteiger partial charge in [-0.1, -0.05) is 29.3 Å². The largest absolute Gasteiger partial charge is 0.337 e. The molecule has 0 aliphatic heterocycles. The molecular formula is C11H14Cl2N2O. The van der Waals surface area contributed by atoms with Gasteiger partial charge < -0.3 is 10.6 Å². The highest BCUT2D eigenvalue weighted by atomic mass is 35.5. The van der Waals surface area contributed by atoms with Gasteiger partial charge in [-0.25, -0.2) is 0 Å². The molecule has 0 fully saturated rings. The highest BCUT2D eigenvalue weighted by molar-refractivity contribution is 6.42. The van der Waals surface area contributed by atoms with Gasteiger partial charge in [-0.3, -0.25) is 4.79 Å². The SMILES string of the molecule is CC(=O)N(CCN)Cc1ccc(Cl)c(Cl)c1. The molecule has 0 aromatic heterocycles. The molecule has 0 bridgehead atoms. The van der Waals surface area contributed by atoms with Crippen LogP contribution in [0.15, 0.2) is 18.2 Å². The van der Waals surface area contributed by atoms with E-state index in [0.717, 1.165) is 5.56 Å². The van der Waals surface area contributed by atoms with Gasteiger partial charge in [-0.15, -0.1) is 0 Å². The van der Waals surface area contributed by atoms with E-state index in [1.54, 1.807) is 17.0 Å². The zero-order valence-electron chi connectivity index (χ0n) is 9.04. The molecule has 88 valence electrons. The summed E-state index contributed by atoms with van der Waals surface area (Å²) in [4.78, 5) is 13.0. The average molecular weight is 261 g/mol. The number of carbonyl (C=O) groups excluding carboxylic acids is 1. The Labute approximate surface area is 105 Å².